The number of rotatable bonds is 21. The van der Waals surface area contributed by atoms with Crippen LogP contribution in [-0.2, 0) is 47.4 Å². The Labute approximate surface area is 848 Å². The van der Waals surface area contributed by atoms with E-state index >= 15 is 0 Å². The Hall–Kier alpha value is -4.71. The second-order valence-corrected chi connectivity index (χ2v) is 47.7. The summed E-state index contributed by atoms with van der Waals surface area (Å²) >= 11 is 0. The van der Waals surface area contributed by atoms with E-state index in [0.717, 1.165) is 12.8 Å². The van der Waals surface area contributed by atoms with Gasteiger partial charge in [0.05, 0.1) is 5.60 Å². The van der Waals surface area contributed by atoms with Crippen LogP contribution in [0.1, 0.15) is 309 Å². The molecule has 1 heterocycles. The van der Waals surface area contributed by atoms with Crippen molar-refractivity contribution in [1.82, 2.24) is 0 Å². The molecule has 27 unspecified atom stereocenters. The number of ether oxygens (including phenoxy) is 9. The summed E-state index contributed by atoms with van der Waals surface area (Å²) in [6.45, 7) is 36.8. The zero-order valence-electron chi connectivity index (χ0n) is 86.6. The van der Waals surface area contributed by atoms with E-state index in [1.54, 1.807) is 0 Å². The van der Waals surface area contributed by atoms with E-state index in [-0.39, 0.29) is 141 Å². The van der Waals surface area contributed by atoms with E-state index in [1.807, 2.05) is 69.2 Å². The molecule has 1 saturated heterocycles. The van der Waals surface area contributed by atoms with Gasteiger partial charge in [0, 0.05) is 19.4 Å². The van der Waals surface area contributed by atoms with E-state index in [2.05, 4.69) is 23.7 Å². The first-order chi connectivity index (χ1) is 65.5. The zero-order chi connectivity index (χ0) is 114. The van der Waals surface area contributed by atoms with Gasteiger partial charge in [0.15, 0.2) is 6.29 Å². The first-order valence-corrected chi connectivity index (χ1v) is 49.7. The Bertz CT molecular complexity index is 4110. The Morgan fingerprint density at radius 3 is 0.772 bits per heavy atom. The van der Waals surface area contributed by atoms with Crippen LogP contribution in [0, 0.1) is 154 Å². The lowest BCUT2D eigenvalue weighted by molar-refractivity contribution is -0.416. The number of alkyl halides is 36. The average molecular weight is 2250 g/mol. The van der Waals surface area contributed by atoms with E-state index in [0.29, 0.717) is 75.5 Å². The summed E-state index contributed by atoms with van der Waals surface area (Å²) in [4.78, 5) is 34.9. The number of hydrogen-bond donors (Lipinski definition) is 1. The lowest BCUT2D eigenvalue weighted by Gasteiger charge is -2.44. The first kappa shape index (κ1) is 137. The van der Waals surface area contributed by atoms with Gasteiger partial charge in [0.1, 0.15) is 23.4 Å². The van der Waals surface area contributed by atoms with Crippen molar-refractivity contribution in [2.45, 2.75) is 446 Å². The molecule has 0 spiro atoms. The van der Waals surface area contributed by atoms with Crippen LogP contribution in [-0.4, -0.2) is 173 Å². The van der Waals surface area contributed by atoms with Gasteiger partial charge < -0.3 is 47.7 Å². The Kier molecular flexibility index (Phi) is 43.1. The third-order valence-electron chi connectivity index (χ3n) is 33.9. The topological polar surface area (TPSA) is 155 Å². The van der Waals surface area contributed by atoms with Crippen molar-refractivity contribution in [3.05, 3.63) is 0 Å². The van der Waals surface area contributed by atoms with Gasteiger partial charge in [-0.2, -0.15) is 158 Å². The molecule has 0 aromatic carbocycles. The molecule has 0 radical (unpaired) electrons. The lowest BCUT2D eigenvalue weighted by atomic mass is 9.71. The average Bonchev–Trinajstić information content (AvgIpc) is 1.69. The van der Waals surface area contributed by atoms with Gasteiger partial charge in [-0.1, -0.05) is 104 Å². The summed E-state index contributed by atoms with van der Waals surface area (Å²) in [7, 11) is 0. The monoisotopic (exact) mass is 2250 g/mol. The first-order valence-electron chi connectivity index (χ1n) is 49.7. The van der Waals surface area contributed by atoms with Crippen LogP contribution >= 0.6 is 0 Å². The number of hydrogen-bond acceptors (Lipinski definition) is 13. The number of fused-ring (bicyclic) bond motifs is 10. The standard InChI is InChI=1S/C19H28F6O3.C18H26F6O3.C18H26F6O2.C17H26F6O.C13H20F6O3.C13H18F6O.2CH4/c1-10-11(2)14-7-12(10)6-13(14)8-17(18(20,21)22,19(23,24)25)27-9-15(26)28-16(3,4)5;1-9-10(2)13-7-11(9)6-12(13)8-16(17(19,20)21,18(22,23)24)27-14(25)26-15(3,4)5;1-10-11(2)14-8-12(10)7-13(14)9-16(17(19,20)21,18(22,23)24)26-15-5-3-4-6-25-15;1-9-10(2)13-7-11(9)6-12(13)8-15(16(18,19)20,17(21,22)23)24-14(3,4)5;1-6-8(2)7-11(12(14,15)16,13(17,18)19)22-9(20)21-10(3,4)5;1-6-7(2)10-4-8(6)3-9(10)5-11(20,12(14,15)16)13(17,18)19;;/h10-14H,6-9H2,1-5H3;9-13H,6-8H2,1-5H3;10-15H,3-9H2,1-2H3;9-13H,6-8H2,1-5H3;8H,6-7H2,1-5H3;6-10,20H,3-5H2,1-2H3;2*1H4. The third-order valence-corrected chi connectivity index (χ3v) is 33.9. The Morgan fingerprint density at radius 1 is 0.302 bits per heavy atom. The van der Waals surface area contributed by atoms with Crippen LogP contribution in [0.2, 0.25) is 0 Å². The molecule has 1 N–H and O–H groups in total. The fourth-order valence-electron chi connectivity index (χ4n) is 25.3. The third kappa shape index (κ3) is 30.7. The van der Waals surface area contributed by atoms with Crippen molar-refractivity contribution in [1.29, 1.82) is 0 Å². The maximum atomic E-state index is 13.8. The number of carbonyl (C=O) groups is 3. The minimum atomic E-state index is -5.81. The molecule has 49 heteroatoms. The Morgan fingerprint density at radius 2 is 0.550 bits per heavy atom. The molecule has 0 aromatic heterocycles. The maximum absolute atomic E-state index is 13.8. The molecular weight excluding hydrogens is 2090 g/mol. The largest absolute Gasteiger partial charge is 0.510 e. The number of aliphatic hydroxyl groups is 1. The molecule has 10 bridgehead atoms. The fourth-order valence-corrected chi connectivity index (χ4v) is 25.3. The molecule has 11 aliphatic rings. The molecular formula is C100H152F36O13. The highest BCUT2D eigenvalue weighted by atomic mass is 19.5. The summed E-state index contributed by atoms with van der Waals surface area (Å²) in [6.07, 6.45) is -74.5. The van der Waals surface area contributed by atoms with E-state index in [4.69, 9.17) is 18.9 Å². The van der Waals surface area contributed by atoms with Gasteiger partial charge in [0.25, 0.3) is 22.4 Å². The normalized spacial score (nSPS) is 31.5. The molecule has 27 atom stereocenters. The van der Waals surface area contributed by atoms with E-state index in [9.17, 15) is 178 Å². The summed E-state index contributed by atoms with van der Waals surface area (Å²) < 4.78 is 524. The smallest absolute Gasteiger partial charge is 0.458 e. The molecule has 0 amide bonds. The van der Waals surface area contributed by atoms with Crippen LogP contribution < -0.4 is 0 Å². The molecule has 882 valence electrons. The van der Waals surface area contributed by atoms with Gasteiger partial charge in [-0.25, -0.2) is 14.4 Å². The van der Waals surface area contributed by atoms with Gasteiger partial charge in [-0.3, -0.25) is 0 Å². The lowest BCUT2D eigenvalue weighted by Crippen LogP contribution is -2.62. The highest BCUT2D eigenvalue weighted by Gasteiger charge is 2.81. The number of halogens is 36. The summed E-state index contributed by atoms with van der Waals surface area (Å²) in [5.41, 5.74) is -31.5. The van der Waals surface area contributed by atoms with Crippen molar-refractivity contribution in [3.63, 3.8) is 0 Å². The number of esters is 1. The SMILES string of the molecule is C.C.CC1C2CC(CC(O)(C(F)(F)F)C(F)(F)F)C(C2)C1C.CC1C2CC(CC(OC(=O)OC(C)(C)C)(C(F)(F)F)C(F)(F)F)C(C2)C1C.CC1C2CC(CC(OC(C)(C)C)(C(F)(F)F)C(F)(F)F)C(C2)C1C.CC1C2CC(CC(OC3CCCCO3)(C(F)(F)F)C(F)(F)F)C(C2)C1C.CC1C2CC(CC(OCC(=O)OC(C)(C)C)(C(F)(F)F)C(F)(F)F)C(C2)C1C.CCC(C)CC(OC(=O)OC(C)(C)C)(C(F)(F)F)C(F)(F)F. The molecule has 10 saturated carbocycles. The van der Waals surface area contributed by atoms with Crippen LogP contribution in [0.15, 0.2) is 0 Å². The van der Waals surface area contributed by atoms with Crippen molar-refractivity contribution in [2.75, 3.05) is 13.2 Å². The fraction of sp³-hybridized carbons (Fsp3) is 0.970. The summed E-state index contributed by atoms with van der Waals surface area (Å²) in [5.74, 6) is -3.53. The summed E-state index contributed by atoms with van der Waals surface area (Å²) in [6, 6.07) is 0. The predicted octanol–water partition coefficient (Wildman–Crippen LogP) is 34.0. The highest BCUT2D eigenvalue weighted by Crippen LogP contribution is 2.68. The molecule has 0 aromatic rings. The van der Waals surface area contributed by atoms with Crippen LogP contribution in [0.4, 0.5) is 168 Å². The van der Waals surface area contributed by atoms with Crippen molar-refractivity contribution >= 4 is 18.3 Å². The summed E-state index contributed by atoms with van der Waals surface area (Å²) in [5, 5.41) is 9.28. The second-order valence-electron chi connectivity index (χ2n) is 47.7. The van der Waals surface area contributed by atoms with Gasteiger partial charge in [0.2, 0.25) is 0 Å². The minimum absolute atomic E-state index is 0. The maximum Gasteiger partial charge on any atom is 0.510 e. The molecule has 13 nitrogen and oxygen atoms in total. The molecule has 149 heavy (non-hydrogen) atoms. The van der Waals surface area contributed by atoms with Crippen LogP contribution in [0.3, 0.4) is 0 Å². The predicted molar refractivity (Wildman–Crippen MR) is 474 cm³/mol. The molecule has 11 rings (SSSR count). The van der Waals surface area contributed by atoms with Crippen LogP contribution in [0.5, 0.6) is 0 Å². The van der Waals surface area contributed by atoms with Crippen molar-refractivity contribution < 1.29 is 220 Å². The van der Waals surface area contributed by atoms with Gasteiger partial charge in [-0.15, -0.1) is 0 Å². The van der Waals surface area contributed by atoms with Gasteiger partial charge in [-0.05, 0) is 346 Å². The van der Waals surface area contributed by atoms with Crippen LogP contribution in [0.25, 0.3) is 0 Å². The molecule has 11 fully saturated rings. The highest BCUT2D eigenvalue weighted by molar-refractivity contribution is 5.71. The zero-order valence-corrected chi connectivity index (χ0v) is 86.6. The quantitative estimate of drug-likeness (QED) is 0.0659. The second kappa shape index (κ2) is 47.1. The minimum Gasteiger partial charge on any atom is -0.458 e. The van der Waals surface area contributed by atoms with E-state index in [1.165, 1.54) is 96.9 Å². The Balaban J connectivity index is 0.000000372. The number of carbonyl (C=O) groups excluding carboxylic acids is 3. The van der Waals surface area contributed by atoms with Gasteiger partial charge >= 0.3 is 104 Å². The van der Waals surface area contributed by atoms with E-state index < -0.39 is 235 Å². The molecule has 10 aliphatic carbocycles. The molecule has 1 aliphatic heterocycles. The van der Waals surface area contributed by atoms with Crippen molar-refractivity contribution in [3.8, 4) is 0 Å². The van der Waals surface area contributed by atoms with Crippen molar-refractivity contribution in [2.24, 2.45) is 154 Å².